The van der Waals surface area contributed by atoms with Crippen molar-refractivity contribution < 1.29 is 0 Å². The number of anilines is 1. The van der Waals surface area contributed by atoms with Crippen LogP contribution in [0.15, 0.2) is 47.6 Å². The van der Waals surface area contributed by atoms with Crippen LogP contribution in [-0.2, 0) is 13.0 Å². The summed E-state index contributed by atoms with van der Waals surface area (Å²) in [5.74, 6) is 1.87. The van der Waals surface area contributed by atoms with Crippen LogP contribution in [0, 0.1) is 0 Å². The third-order valence-corrected chi connectivity index (χ3v) is 4.75. The number of pyridine rings is 1. The minimum absolute atomic E-state index is 0.722. The molecule has 1 aliphatic heterocycles. The van der Waals surface area contributed by atoms with Crippen LogP contribution in [-0.4, -0.2) is 37.6 Å². The summed E-state index contributed by atoms with van der Waals surface area (Å²) in [6, 6.07) is 12.2. The monoisotopic (exact) mass is 371 g/mol. The van der Waals surface area contributed by atoms with Crippen molar-refractivity contribution in [1.29, 1.82) is 0 Å². The summed E-state index contributed by atoms with van der Waals surface area (Å²) in [5, 5.41) is 7.49. The van der Waals surface area contributed by atoms with Gasteiger partial charge in [0.25, 0.3) is 0 Å². The molecule has 3 rings (SSSR count). The molecule has 0 aliphatic carbocycles. The average Bonchev–Trinajstić information content (AvgIpc) is 3.20. The highest BCUT2D eigenvalue weighted by atomic mass is 35.5. The van der Waals surface area contributed by atoms with Gasteiger partial charge in [0, 0.05) is 44.4 Å². The van der Waals surface area contributed by atoms with Crippen molar-refractivity contribution in [2.24, 2.45) is 4.99 Å². The lowest BCUT2D eigenvalue weighted by molar-refractivity contribution is 0.793. The van der Waals surface area contributed by atoms with Crippen molar-refractivity contribution in [3.8, 4) is 0 Å². The van der Waals surface area contributed by atoms with E-state index < -0.39 is 0 Å². The molecule has 1 fully saturated rings. The molecule has 0 unspecified atom stereocenters. The zero-order chi connectivity index (χ0) is 18.2. The van der Waals surface area contributed by atoms with Crippen LogP contribution in [0.2, 0.25) is 5.02 Å². The molecule has 2 heterocycles. The van der Waals surface area contributed by atoms with E-state index in [4.69, 9.17) is 11.6 Å². The van der Waals surface area contributed by atoms with Gasteiger partial charge >= 0.3 is 0 Å². The van der Waals surface area contributed by atoms with Gasteiger partial charge in [-0.1, -0.05) is 23.7 Å². The summed E-state index contributed by atoms with van der Waals surface area (Å²) in [6.07, 6.45) is 5.30. The number of hydrogen-bond donors (Lipinski definition) is 2. The molecule has 0 amide bonds. The standard InChI is InChI=1S/C20H26ClN5/c1-22-20(24-10-7-16-5-4-6-18(21)13-16)25-15-17-8-9-23-19(14-17)26-11-2-3-12-26/h4-6,8-9,13-14H,2-3,7,10-12,15H2,1H3,(H2,22,24,25). The van der Waals surface area contributed by atoms with E-state index in [0.717, 1.165) is 49.4 Å². The molecule has 0 saturated carbocycles. The highest BCUT2D eigenvalue weighted by Gasteiger charge is 2.13. The van der Waals surface area contributed by atoms with Crippen LogP contribution in [0.4, 0.5) is 5.82 Å². The molecule has 26 heavy (non-hydrogen) atoms. The van der Waals surface area contributed by atoms with Crippen molar-refractivity contribution in [3.63, 3.8) is 0 Å². The van der Waals surface area contributed by atoms with Crippen LogP contribution in [0.25, 0.3) is 0 Å². The van der Waals surface area contributed by atoms with Crippen LogP contribution in [0.5, 0.6) is 0 Å². The molecule has 1 aromatic carbocycles. The van der Waals surface area contributed by atoms with Crippen molar-refractivity contribution in [3.05, 3.63) is 58.7 Å². The Bertz CT molecular complexity index is 740. The number of aromatic nitrogens is 1. The van der Waals surface area contributed by atoms with Crippen LogP contribution in [0.1, 0.15) is 24.0 Å². The van der Waals surface area contributed by atoms with Gasteiger partial charge < -0.3 is 15.5 Å². The molecular formula is C20H26ClN5. The third kappa shape index (κ3) is 5.36. The summed E-state index contributed by atoms with van der Waals surface area (Å²) in [5.41, 5.74) is 2.42. The molecule has 6 heteroatoms. The first kappa shape index (κ1) is 18.5. The second kappa shape index (κ2) is 9.43. The van der Waals surface area contributed by atoms with Crippen molar-refractivity contribution in [2.45, 2.75) is 25.8 Å². The second-order valence-electron chi connectivity index (χ2n) is 6.45. The summed E-state index contributed by atoms with van der Waals surface area (Å²) in [7, 11) is 1.79. The molecular weight excluding hydrogens is 346 g/mol. The van der Waals surface area contributed by atoms with Crippen molar-refractivity contribution >= 4 is 23.4 Å². The van der Waals surface area contributed by atoms with E-state index >= 15 is 0 Å². The number of aliphatic imine (C=N–C) groups is 1. The molecule has 2 aromatic rings. The molecule has 0 radical (unpaired) electrons. The number of hydrogen-bond acceptors (Lipinski definition) is 3. The van der Waals surface area contributed by atoms with Gasteiger partial charge in [-0.15, -0.1) is 0 Å². The number of benzene rings is 1. The van der Waals surface area contributed by atoms with Gasteiger partial charge in [0.15, 0.2) is 5.96 Å². The Hall–Kier alpha value is -2.27. The van der Waals surface area contributed by atoms with Crippen LogP contribution in [0.3, 0.4) is 0 Å². The van der Waals surface area contributed by atoms with Gasteiger partial charge in [-0.05, 0) is 54.7 Å². The van der Waals surface area contributed by atoms with Gasteiger partial charge in [-0.2, -0.15) is 0 Å². The molecule has 138 valence electrons. The second-order valence-corrected chi connectivity index (χ2v) is 6.89. The lowest BCUT2D eigenvalue weighted by Gasteiger charge is -2.17. The topological polar surface area (TPSA) is 52.6 Å². The van der Waals surface area contributed by atoms with Gasteiger partial charge in [0.1, 0.15) is 5.82 Å². The minimum atomic E-state index is 0.722. The SMILES string of the molecule is CN=C(NCCc1cccc(Cl)c1)NCc1ccnc(N2CCCC2)c1. The number of nitrogens with zero attached hydrogens (tertiary/aromatic N) is 3. The predicted octanol–water partition coefficient (Wildman–Crippen LogP) is 3.24. The molecule has 0 spiro atoms. The normalized spacial score (nSPS) is 14.5. The molecule has 2 N–H and O–H groups in total. The lowest BCUT2D eigenvalue weighted by atomic mass is 10.1. The zero-order valence-corrected chi connectivity index (χ0v) is 16.0. The Kier molecular flexibility index (Phi) is 6.72. The van der Waals surface area contributed by atoms with E-state index in [2.05, 4.69) is 37.6 Å². The Morgan fingerprint density at radius 3 is 2.77 bits per heavy atom. The Labute approximate surface area is 160 Å². The highest BCUT2D eigenvalue weighted by molar-refractivity contribution is 6.30. The number of guanidine groups is 1. The molecule has 1 aromatic heterocycles. The first-order chi connectivity index (χ1) is 12.7. The van der Waals surface area contributed by atoms with Gasteiger partial charge in [-0.3, -0.25) is 4.99 Å². The van der Waals surface area contributed by atoms with Crippen molar-refractivity contribution in [2.75, 3.05) is 31.6 Å². The van der Waals surface area contributed by atoms with E-state index in [9.17, 15) is 0 Å². The third-order valence-electron chi connectivity index (χ3n) is 4.52. The van der Waals surface area contributed by atoms with E-state index in [1.165, 1.54) is 24.0 Å². The van der Waals surface area contributed by atoms with Crippen molar-refractivity contribution in [1.82, 2.24) is 15.6 Å². The minimum Gasteiger partial charge on any atom is -0.357 e. The zero-order valence-electron chi connectivity index (χ0n) is 15.2. The maximum Gasteiger partial charge on any atom is 0.191 e. The first-order valence-electron chi connectivity index (χ1n) is 9.13. The number of nitrogens with one attached hydrogen (secondary N) is 2. The Morgan fingerprint density at radius 1 is 1.15 bits per heavy atom. The average molecular weight is 372 g/mol. The van der Waals surface area contributed by atoms with E-state index in [1.807, 2.05) is 30.5 Å². The summed E-state index contributed by atoms with van der Waals surface area (Å²) < 4.78 is 0. The Balaban J connectivity index is 1.47. The van der Waals surface area contributed by atoms with Gasteiger partial charge in [0.2, 0.25) is 0 Å². The van der Waals surface area contributed by atoms with Gasteiger partial charge in [-0.25, -0.2) is 4.98 Å². The lowest BCUT2D eigenvalue weighted by Crippen LogP contribution is -2.37. The fraction of sp³-hybridized carbons (Fsp3) is 0.400. The number of halogens is 1. The smallest absolute Gasteiger partial charge is 0.191 e. The quantitative estimate of drug-likeness (QED) is 0.604. The number of rotatable bonds is 6. The summed E-state index contributed by atoms with van der Waals surface area (Å²) >= 11 is 6.03. The fourth-order valence-electron chi connectivity index (χ4n) is 3.11. The molecule has 1 saturated heterocycles. The largest absolute Gasteiger partial charge is 0.357 e. The van der Waals surface area contributed by atoms with Crippen LogP contribution >= 0.6 is 11.6 Å². The first-order valence-corrected chi connectivity index (χ1v) is 9.51. The maximum atomic E-state index is 6.03. The molecule has 0 bridgehead atoms. The highest BCUT2D eigenvalue weighted by Crippen LogP contribution is 2.18. The van der Waals surface area contributed by atoms with E-state index in [1.54, 1.807) is 7.05 Å². The fourth-order valence-corrected chi connectivity index (χ4v) is 3.33. The molecule has 0 atom stereocenters. The molecule has 5 nitrogen and oxygen atoms in total. The predicted molar refractivity (Wildman–Crippen MR) is 109 cm³/mol. The van der Waals surface area contributed by atoms with E-state index in [-0.39, 0.29) is 0 Å². The molecule has 1 aliphatic rings. The summed E-state index contributed by atoms with van der Waals surface area (Å²) in [6.45, 7) is 3.74. The summed E-state index contributed by atoms with van der Waals surface area (Å²) in [4.78, 5) is 11.1. The van der Waals surface area contributed by atoms with Crippen LogP contribution < -0.4 is 15.5 Å². The van der Waals surface area contributed by atoms with Gasteiger partial charge in [0.05, 0.1) is 0 Å². The van der Waals surface area contributed by atoms with E-state index in [0.29, 0.717) is 0 Å². The maximum absolute atomic E-state index is 6.03. The Morgan fingerprint density at radius 2 is 2.00 bits per heavy atom.